The molecule has 0 spiro atoms. The molecule has 2 rings (SSSR count). The number of nitrogen functional groups attached to an aromatic ring is 1. The molecule has 5 nitrogen and oxygen atoms in total. The van der Waals surface area contributed by atoms with Crippen molar-refractivity contribution >= 4 is 21.4 Å². The van der Waals surface area contributed by atoms with Gasteiger partial charge in [0, 0.05) is 7.05 Å². The molecule has 0 amide bonds. The Balaban J connectivity index is 2.49. The molecule has 21 heavy (non-hydrogen) atoms. The van der Waals surface area contributed by atoms with Crippen molar-refractivity contribution in [2.24, 2.45) is 0 Å². The number of hydrogen-bond acceptors (Lipinski definition) is 4. The standard InChI is InChI=1S/C15H18N2O3S/c1-10-4-6-14(11(2)8-10)17(3)21(19,20)12-5-7-15(18)13(16)9-12/h4-9,18H,16H2,1-3H3. The molecule has 0 radical (unpaired) electrons. The van der Waals surface area contributed by atoms with Gasteiger partial charge in [0.05, 0.1) is 16.3 Å². The number of nitrogens with two attached hydrogens (primary N) is 1. The first-order chi connectivity index (χ1) is 9.73. The van der Waals surface area contributed by atoms with Crippen LogP contribution in [0.15, 0.2) is 41.3 Å². The Bertz CT molecular complexity index is 786. The summed E-state index contributed by atoms with van der Waals surface area (Å²) in [5.41, 5.74) is 8.14. The van der Waals surface area contributed by atoms with Crippen LogP contribution in [0.5, 0.6) is 5.75 Å². The smallest absolute Gasteiger partial charge is 0.264 e. The van der Waals surface area contributed by atoms with Crippen LogP contribution in [0.3, 0.4) is 0 Å². The maximum absolute atomic E-state index is 12.6. The van der Waals surface area contributed by atoms with Gasteiger partial charge in [0.25, 0.3) is 10.0 Å². The molecule has 0 aliphatic heterocycles. The Morgan fingerprint density at radius 2 is 1.76 bits per heavy atom. The summed E-state index contributed by atoms with van der Waals surface area (Å²) in [5, 5.41) is 9.41. The lowest BCUT2D eigenvalue weighted by Crippen LogP contribution is -2.27. The lowest BCUT2D eigenvalue weighted by atomic mass is 10.1. The number of anilines is 2. The van der Waals surface area contributed by atoms with Gasteiger partial charge in [-0.1, -0.05) is 17.7 Å². The second-order valence-corrected chi connectivity index (χ2v) is 6.95. The fraction of sp³-hybridized carbons (Fsp3) is 0.200. The third-order valence-corrected chi connectivity index (χ3v) is 5.12. The molecule has 0 bridgehead atoms. The van der Waals surface area contributed by atoms with Gasteiger partial charge in [-0.05, 0) is 43.7 Å². The zero-order valence-corrected chi connectivity index (χ0v) is 13.0. The van der Waals surface area contributed by atoms with Crippen molar-refractivity contribution in [2.45, 2.75) is 18.7 Å². The summed E-state index contributed by atoms with van der Waals surface area (Å²) < 4.78 is 26.5. The van der Waals surface area contributed by atoms with Crippen molar-refractivity contribution in [2.75, 3.05) is 17.1 Å². The number of aromatic hydroxyl groups is 1. The first-order valence-electron chi connectivity index (χ1n) is 6.38. The molecular weight excluding hydrogens is 288 g/mol. The van der Waals surface area contributed by atoms with Gasteiger partial charge < -0.3 is 10.8 Å². The lowest BCUT2D eigenvalue weighted by Gasteiger charge is -2.22. The van der Waals surface area contributed by atoms with E-state index in [9.17, 15) is 13.5 Å². The van der Waals surface area contributed by atoms with E-state index >= 15 is 0 Å². The van der Waals surface area contributed by atoms with Crippen LogP contribution in [0.25, 0.3) is 0 Å². The Morgan fingerprint density at radius 3 is 2.33 bits per heavy atom. The van der Waals surface area contributed by atoms with Gasteiger partial charge in [-0.3, -0.25) is 4.31 Å². The molecule has 0 heterocycles. The number of phenolic OH excluding ortho intramolecular Hbond substituents is 1. The second-order valence-electron chi connectivity index (χ2n) is 4.98. The Hall–Kier alpha value is -2.21. The fourth-order valence-electron chi connectivity index (χ4n) is 2.14. The quantitative estimate of drug-likeness (QED) is 0.674. The van der Waals surface area contributed by atoms with E-state index in [2.05, 4.69) is 0 Å². The van der Waals surface area contributed by atoms with Crippen LogP contribution < -0.4 is 10.0 Å². The van der Waals surface area contributed by atoms with E-state index in [1.165, 1.54) is 29.6 Å². The Kier molecular flexibility index (Phi) is 3.82. The minimum absolute atomic E-state index is 0.0325. The molecule has 112 valence electrons. The average Bonchev–Trinajstić information content (AvgIpc) is 2.41. The van der Waals surface area contributed by atoms with E-state index in [-0.39, 0.29) is 16.3 Å². The summed E-state index contributed by atoms with van der Waals surface area (Å²) in [4.78, 5) is 0.0419. The minimum atomic E-state index is -3.72. The normalized spacial score (nSPS) is 11.4. The molecule has 0 fully saturated rings. The number of hydrogen-bond donors (Lipinski definition) is 2. The largest absolute Gasteiger partial charge is 0.506 e. The molecule has 0 aliphatic carbocycles. The minimum Gasteiger partial charge on any atom is -0.506 e. The van der Waals surface area contributed by atoms with Crippen LogP contribution in [-0.4, -0.2) is 20.6 Å². The fourth-order valence-corrected chi connectivity index (χ4v) is 3.44. The van der Waals surface area contributed by atoms with Crippen molar-refractivity contribution in [3.8, 4) is 5.75 Å². The lowest BCUT2D eigenvalue weighted by molar-refractivity contribution is 0.477. The molecular formula is C15H18N2O3S. The zero-order valence-electron chi connectivity index (χ0n) is 12.2. The van der Waals surface area contributed by atoms with Gasteiger partial charge in [-0.15, -0.1) is 0 Å². The number of aryl methyl sites for hydroxylation is 2. The number of rotatable bonds is 3. The second kappa shape index (κ2) is 5.29. The van der Waals surface area contributed by atoms with E-state index in [1.807, 2.05) is 26.0 Å². The molecule has 0 atom stereocenters. The van der Waals surface area contributed by atoms with E-state index in [4.69, 9.17) is 5.73 Å². The van der Waals surface area contributed by atoms with Crippen LogP contribution in [-0.2, 0) is 10.0 Å². The molecule has 2 aromatic rings. The molecule has 0 unspecified atom stereocenters. The monoisotopic (exact) mass is 306 g/mol. The average molecular weight is 306 g/mol. The van der Waals surface area contributed by atoms with Crippen molar-refractivity contribution < 1.29 is 13.5 Å². The highest BCUT2D eigenvalue weighted by Gasteiger charge is 2.23. The van der Waals surface area contributed by atoms with Crippen molar-refractivity contribution in [3.05, 3.63) is 47.5 Å². The van der Waals surface area contributed by atoms with Crippen LogP contribution in [0, 0.1) is 13.8 Å². The highest BCUT2D eigenvalue weighted by Crippen LogP contribution is 2.29. The molecule has 0 aliphatic rings. The third-order valence-electron chi connectivity index (χ3n) is 3.35. The van der Waals surface area contributed by atoms with Crippen LogP contribution >= 0.6 is 0 Å². The van der Waals surface area contributed by atoms with Gasteiger partial charge in [0.2, 0.25) is 0 Å². The van der Waals surface area contributed by atoms with Crippen molar-refractivity contribution in [1.82, 2.24) is 0 Å². The SMILES string of the molecule is Cc1ccc(N(C)S(=O)(=O)c2ccc(O)c(N)c2)c(C)c1. The highest BCUT2D eigenvalue weighted by atomic mass is 32.2. The van der Waals surface area contributed by atoms with Gasteiger partial charge in [-0.2, -0.15) is 0 Å². The van der Waals surface area contributed by atoms with Gasteiger partial charge in [-0.25, -0.2) is 8.42 Å². The van der Waals surface area contributed by atoms with Crippen molar-refractivity contribution in [1.29, 1.82) is 0 Å². The summed E-state index contributed by atoms with van der Waals surface area (Å²) in [6.07, 6.45) is 0. The molecule has 0 aromatic heterocycles. The maximum Gasteiger partial charge on any atom is 0.264 e. The number of benzene rings is 2. The van der Waals surface area contributed by atoms with Gasteiger partial charge >= 0.3 is 0 Å². The predicted molar refractivity (Wildman–Crippen MR) is 84.0 cm³/mol. The summed E-state index contributed by atoms with van der Waals surface area (Å²) in [6.45, 7) is 3.81. The molecule has 6 heteroatoms. The van der Waals surface area contributed by atoms with Gasteiger partial charge in [0.15, 0.2) is 0 Å². The maximum atomic E-state index is 12.6. The van der Waals surface area contributed by atoms with E-state index in [0.29, 0.717) is 5.69 Å². The predicted octanol–water partition coefficient (Wildman–Crippen LogP) is 2.42. The number of nitrogens with zero attached hydrogens (tertiary/aromatic N) is 1. The summed E-state index contributed by atoms with van der Waals surface area (Å²) in [6, 6.07) is 9.42. The summed E-state index contributed by atoms with van der Waals surface area (Å²) in [7, 11) is -2.23. The Labute approximate surface area is 124 Å². The molecule has 2 aromatic carbocycles. The van der Waals surface area contributed by atoms with Crippen LogP contribution in [0.1, 0.15) is 11.1 Å². The number of sulfonamides is 1. The molecule has 0 saturated heterocycles. The van der Waals surface area contributed by atoms with Crippen LogP contribution in [0.4, 0.5) is 11.4 Å². The zero-order chi connectivity index (χ0) is 15.8. The number of phenols is 1. The molecule has 0 saturated carbocycles. The van der Waals surface area contributed by atoms with Gasteiger partial charge in [0.1, 0.15) is 5.75 Å². The third kappa shape index (κ3) is 2.80. The first-order valence-corrected chi connectivity index (χ1v) is 7.82. The summed E-state index contributed by atoms with van der Waals surface area (Å²) >= 11 is 0. The summed E-state index contributed by atoms with van der Waals surface area (Å²) in [5.74, 6) is -0.136. The highest BCUT2D eigenvalue weighted by molar-refractivity contribution is 7.92. The van der Waals surface area contributed by atoms with Crippen molar-refractivity contribution in [3.63, 3.8) is 0 Å². The Morgan fingerprint density at radius 1 is 1.10 bits per heavy atom. The van der Waals surface area contributed by atoms with E-state index in [0.717, 1.165) is 11.1 Å². The van der Waals surface area contributed by atoms with E-state index in [1.54, 1.807) is 6.07 Å². The molecule has 3 N–H and O–H groups in total. The topological polar surface area (TPSA) is 83.6 Å². The van der Waals surface area contributed by atoms with E-state index < -0.39 is 10.0 Å². The van der Waals surface area contributed by atoms with Crippen LogP contribution in [0.2, 0.25) is 0 Å². The first kappa shape index (κ1) is 15.2.